The van der Waals surface area contributed by atoms with Gasteiger partial charge < -0.3 is 19.6 Å². The van der Waals surface area contributed by atoms with Gasteiger partial charge in [-0.25, -0.2) is 0 Å². The maximum Gasteiger partial charge on any atom is 0.304 e. The number of hydrogen-bond donors (Lipinski definition) is 1. The van der Waals surface area contributed by atoms with E-state index in [0.29, 0.717) is 35.3 Å². The smallest absolute Gasteiger partial charge is 0.304 e. The highest BCUT2D eigenvalue weighted by Crippen LogP contribution is 2.25. The fraction of sp³-hybridized carbons (Fsp3) is 0.286. The number of carboxylic acid groups (broad SMARTS) is 1. The molecule has 1 unspecified atom stereocenters. The quantitative estimate of drug-likeness (QED) is 0.394. The van der Waals surface area contributed by atoms with E-state index in [1.165, 1.54) is 11.3 Å². The third-order valence-corrected chi connectivity index (χ3v) is 7.29. The molecule has 0 saturated carbocycles. The summed E-state index contributed by atoms with van der Waals surface area (Å²) in [5.41, 5.74) is 1.96. The molecule has 36 heavy (non-hydrogen) atoms. The summed E-state index contributed by atoms with van der Waals surface area (Å²) in [5, 5.41) is 9.82. The first-order valence-corrected chi connectivity index (χ1v) is 12.9. The molecule has 4 rings (SSSR count). The minimum absolute atomic E-state index is 0.0385. The Kier molecular flexibility index (Phi) is 8.52. The van der Waals surface area contributed by atoms with Crippen LogP contribution in [0.4, 0.5) is 5.69 Å². The highest BCUT2D eigenvalue weighted by Gasteiger charge is 2.23. The van der Waals surface area contributed by atoms with E-state index < -0.39 is 5.97 Å². The van der Waals surface area contributed by atoms with Gasteiger partial charge in [-0.2, -0.15) is 0 Å². The summed E-state index contributed by atoms with van der Waals surface area (Å²) >= 11 is 7.43. The molecule has 1 N–H and O–H groups in total. The molecular weight excluding hydrogens is 496 g/mol. The molecule has 8 heteroatoms. The number of carboxylic acids is 1. The summed E-state index contributed by atoms with van der Waals surface area (Å²) in [6, 6.07) is 18.9. The van der Waals surface area contributed by atoms with E-state index in [1.807, 2.05) is 65.6 Å². The normalized spacial score (nSPS) is 14.1. The highest BCUT2D eigenvalue weighted by atomic mass is 35.5. The Morgan fingerprint density at radius 1 is 1.03 bits per heavy atom. The van der Waals surface area contributed by atoms with Gasteiger partial charge in [-0.1, -0.05) is 29.7 Å². The molecule has 2 aromatic carbocycles. The van der Waals surface area contributed by atoms with Gasteiger partial charge in [0, 0.05) is 41.8 Å². The predicted octanol–water partition coefficient (Wildman–Crippen LogP) is 5.52. The molecule has 1 amide bonds. The van der Waals surface area contributed by atoms with Gasteiger partial charge in [0.2, 0.25) is 0 Å². The predicted molar refractivity (Wildman–Crippen MR) is 143 cm³/mol. The summed E-state index contributed by atoms with van der Waals surface area (Å²) in [6.07, 6.45) is -0.0385. The summed E-state index contributed by atoms with van der Waals surface area (Å²) in [6.45, 7) is 4.96. The van der Waals surface area contributed by atoms with E-state index in [2.05, 4.69) is 16.7 Å². The lowest BCUT2D eigenvalue weighted by Gasteiger charge is -2.36. The zero-order chi connectivity index (χ0) is 25.5. The number of aliphatic carboxylic acids is 1. The third kappa shape index (κ3) is 6.60. The van der Waals surface area contributed by atoms with Crippen molar-refractivity contribution in [3.8, 4) is 17.6 Å². The number of rotatable bonds is 8. The van der Waals surface area contributed by atoms with Gasteiger partial charge in [0.1, 0.15) is 12.4 Å². The van der Waals surface area contributed by atoms with Crippen molar-refractivity contribution >= 4 is 40.5 Å². The van der Waals surface area contributed by atoms with E-state index in [4.69, 9.17) is 21.4 Å². The minimum Gasteiger partial charge on any atom is -0.488 e. The fourth-order valence-electron chi connectivity index (χ4n) is 4.10. The first kappa shape index (κ1) is 25.6. The molecule has 1 atom stereocenters. The number of carbonyl (C=O) groups is 2. The molecule has 0 aliphatic carbocycles. The van der Waals surface area contributed by atoms with Crippen molar-refractivity contribution in [1.29, 1.82) is 0 Å². The number of amides is 1. The minimum atomic E-state index is -0.880. The molecule has 2 heterocycles. The number of thiophene rings is 1. The van der Waals surface area contributed by atoms with Crippen LogP contribution in [-0.2, 0) is 11.4 Å². The number of piperazine rings is 1. The molecule has 1 aromatic heterocycles. The average Bonchev–Trinajstić information content (AvgIpc) is 3.37. The standard InChI is InChI=1S/C28H27ClN2O4S/c1-2-3-21(18-27(32)33)20-4-10-24(11-5-20)35-19-25-12-13-26(36-25)28(34)31-16-14-30(15-17-31)23-8-6-22(29)7-9-23/h4-13,21H,14-19H2,1H3,(H,32,33). The second kappa shape index (κ2) is 12.0. The number of nitrogens with zero attached hydrogens (tertiary/aromatic N) is 2. The van der Waals surface area contributed by atoms with Gasteiger partial charge in [0.25, 0.3) is 5.91 Å². The lowest BCUT2D eigenvalue weighted by atomic mass is 9.96. The Bertz CT molecular complexity index is 1250. The second-order valence-corrected chi connectivity index (χ2v) is 10.0. The van der Waals surface area contributed by atoms with Crippen LogP contribution >= 0.6 is 22.9 Å². The maximum atomic E-state index is 13.0. The molecule has 6 nitrogen and oxygen atoms in total. The van der Waals surface area contributed by atoms with Gasteiger partial charge in [0.15, 0.2) is 0 Å². The van der Waals surface area contributed by atoms with Crippen LogP contribution in [0.3, 0.4) is 0 Å². The molecule has 3 aromatic rings. The summed E-state index contributed by atoms with van der Waals surface area (Å²) in [7, 11) is 0. The van der Waals surface area contributed by atoms with Gasteiger partial charge in [0.05, 0.1) is 17.2 Å². The van der Waals surface area contributed by atoms with Gasteiger partial charge in [-0.15, -0.1) is 17.3 Å². The number of anilines is 1. The summed E-state index contributed by atoms with van der Waals surface area (Å²) in [4.78, 5) is 29.9. The van der Waals surface area contributed by atoms with Crippen LogP contribution in [0.25, 0.3) is 0 Å². The zero-order valence-electron chi connectivity index (χ0n) is 19.9. The Morgan fingerprint density at radius 2 is 1.72 bits per heavy atom. The van der Waals surface area contributed by atoms with Crippen LogP contribution in [0, 0.1) is 11.8 Å². The van der Waals surface area contributed by atoms with Crippen molar-refractivity contribution in [1.82, 2.24) is 4.90 Å². The molecule has 0 bridgehead atoms. The van der Waals surface area contributed by atoms with E-state index in [0.717, 1.165) is 29.2 Å². The van der Waals surface area contributed by atoms with Gasteiger partial charge >= 0.3 is 5.97 Å². The SMILES string of the molecule is CC#CC(CC(=O)O)c1ccc(OCc2ccc(C(=O)N3CCN(c4ccc(Cl)cc4)CC3)s2)cc1. The molecule has 1 aliphatic rings. The van der Waals surface area contributed by atoms with Crippen LogP contribution in [-0.4, -0.2) is 48.1 Å². The van der Waals surface area contributed by atoms with Gasteiger partial charge in [-0.3, -0.25) is 9.59 Å². The van der Waals surface area contributed by atoms with Crippen LogP contribution in [0.15, 0.2) is 60.7 Å². The average molecular weight is 523 g/mol. The monoisotopic (exact) mass is 522 g/mol. The molecule has 1 saturated heterocycles. The maximum absolute atomic E-state index is 13.0. The van der Waals surface area contributed by atoms with E-state index in [1.54, 1.807) is 6.92 Å². The van der Waals surface area contributed by atoms with Crippen LogP contribution in [0.1, 0.15) is 39.4 Å². The zero-order valence-corrected chi connectivity index (χ0v) is 21.5. The van der Waals surface area contributed by atoms with Gasteiger partial charge in [-0.05, 0) is 61.0 Å². The molecule has 1 aliphatic heterocycles. The number of ether oxygens (including phenoxy) is 1. The Morgan fingerprint density at radius 3 is 2.36 bits per heavy atom. The Hall–Kier alpha value is -3.47. The number of hydrogen-bond acceptors (Lipinski definition) is 5. The molecule has 0 spiro atoms. The van der Waals surface area contributed by atoms with Crippen molar-refractivity contribution < 1.29 is 19.4 Å². The summed E-state index contributed by atoms with van der Waals surface area (Å²) < 4.78 is 5.89. The van der Waals surface area contributed by atoms with E-state index in [9.17, 15) is 9.59 Å². The van der Waals surface area contributed by atoms with E-state index >= 15 is 0 Å². The summed E-state index contributed by atoms with van der Waals surface area (Å²) in [5.74, 6) is 5.25. The van der Waals surface area contributed by atoms with Crippen LogP contribution in [0.5, 0.6) is 5.75 Å². The third-order valence-electron chi connectivity index (χ3n) is 5.99. The van der Waals surface area contributed by atoms with Crippen molar-refractivity contribution in [2.45, 2.75) is 25.9 Å². The Balaban J connectivity index is 1.29. The van der Waals surface area contributed by atoms with Crippen LogP contribution in [0.2, 0.25) is 5.02 Å². The first-order valence-electron chi connectivity index (χ1n) is 11.7. The molecule has 1 fully saturated rings. The van der Waals surface area contributed by atoms with E-state index in [-0.39, 0.29) is 18.2 Å². The molecule has 0 radical (unpaired) electrons. The van der Waals surface area contributed by atoms with Crippen LogP contribution < -0.4 is 9.64 Å². The van der Waals surface area contributed by atoms with Crippen molar-refractivity contribution in [2.24, 2.45) is 0 Å². The number of halogens is 1. The second-order valence-electron chi connectivity index (χ2n) is 8.42. The lowest BCUT2D eigenvalue weighted by molar-refractivity contribution is -0.137. The molecule has 186 valence electrons. The molecular formula is C28H27ClN2O4S. The number of carbonyl (C=O) groups excluding carboxylic acids is 1. The fourth-order valence-corrected chi connectivity index (χ4v) is 5.11. The van der Waals surface area contributed by atoms with Crippen molar-refractivity contribution in [3.05, 3.63) is 81.0 Å². The first-order chi connectivity index (χ1) is 17.4. The van der Waals surface area contributed by atoms with Crippen molar-refractivity contribution in [3.63, 3.8) is 0 Å². The highest BCUT2D eigenvalue weighted by molar-refractivity contribution is 7.14. The lowest BCUT2D eigenvalue weighted by Crippen LogP contribution is -2.48. The van der Waals surface area contributed by atoms with Crippen molar-refractivity contribution in [2.75, 3.05) is 31.1 Å². The number of benzene rings is 2. The largest absolute Gasteiger partial charge is 0.488 e. The topological polar surface area (TPSA) is 70.1 Å². The Labute approximate surface area is 220 Å².